The van der Waals surface area contributed by atoms with E-state index >= 15 is 0 Å². The van der Waals surface area contributed by atoms with Crippen LogP contribution in [0.5, 0.6) is 0 Å². The van der Waals surface area contributed by atoms with Crippen molar-refractivity contribution < 1.29 is 9.59 Å². The van der Waals surface area contributed by atoms with Gasteiger partial charge in [-0.05, 0) is 59.0 Å². The molecule has 1 aromatic heterocycles. The molecule has 3 nitrogen and oxygen atoms in total. The van der Waals surface area contributed by atoms with Gasteiger partial charge in [-0.3, -0.25) is 9.59 Å². The maximum Gasteiger partial charge on any atom is 0.227 e. The van der Waals surface area contributed by atoms with Crippen molar-refractivity contribution in [3.05, 3.63) is 49.7 Å². The molecular formula is C16H14INO2S. The van der Waals surface area contributed by atoms with Gasteiger partial charge in [0.15, 0.2) is 5.78 Å². The first kappa shape index (κ1) is 14.7. The molecule has 108 valence electrons. The predicted octanol–water partition coefficient (Wildman–Crippen LogP) is 3.90. The van der Waals surface area contributed by atoms with Crippen molar-refractivity contribution in [1.29, 1.82) is 0 Å². The zero-order chi connectivity index (χ0) is 14.8. The number of anilines is 1. The van der Waals surface area contributed by atoms with Crippen LogP contribution >= 0.6 is 33.9 Å². The van der Waals surface area contributed by atoms with Gasteiger partial charge in [0.2, 0.25) is 5.91 Å². The standard InChI is InChI=1S/C16H14INO2S/c17-12-6-4-11(5-7-12)14(19)10-18-13-8-9-21-15(13)2-1-3-16(18)20/h4-9H,1-3,10H2. The Morgan fingerprint density at radius 2 is 1.95 bits per heavy atom. The molecule has 1 amide bonds. The number of rotatable bonds is 3. The van der Waals surface area contributed by atoms with Crippen molar-refractivity contribution >= 4 is 51.3 Å². The third kappa shape index (κ3) is 3.18. The van der Waals surface area contributed by atoms with Crippen LogP contribution in [0.1, 0.15) is 28.1 Å². The summed E-state index contributed by atoms with van der Waals surface area (Å²) >= 11 is 3.87. The molecule has 5 heteroatoms. The van der Waals surface area contributed by atoms with Gasteiger partial charge < -0.3 is 4.90 Å². The minimum atomic E-state index is -0.0150. The fourth-order valence-electron chi connectivity index (χ4n) is 2.47. The van der Waals surface area contributed by atoms with Gasteiger partial charge in [-0.1, -0.05) is 12.1 Å². The van der Waals surface area contributed by atoms with Crippen LogP contribution in [-0.2, 0) is 11.2 Å². The molecule has 0 spiro atoms. The average molecular weight is 411 g/mol. The van der Waals surface area contributed by atoms with E-state index < -0.39 is 0 Å². The topological polar surface area (TPSA) is 37.4 Å². The monoisotopic (exact) mass is 411 g/mol. The number of Topliss-reactive ketones (excluding diaryl/α,β-unsaturated/α-hetero) is 1. The SMILES string of the molecule is O=C(CN1C(=O)CCCc2sccc21)c1ccc(I)cc1. The molecule has 0 radical (unpaired) electrons. The van der Waals surface area contributed by atoms with Crippen molar-refractivity contribution in [3.63, 3.8) is 0 Å². The molecule has 0 saturated carbocycles. The van der Waals surface area contributed by atoms with E-state index in [-0.39, 0.29) is 18.2 Å². The summed E-state index contributed by atoms with van der Waals surface area (Å²) in [7, 11) is 0. The van der Waals surface area contributed by atoms with E-state index in [4.69, 9.17) is 0 Å². The summed E-state index contributed by atoms with van der Waals surface area (Å²) in [4.78, 5) is 27.6. The number of halogens is 1. The summed E-state index contributed by atoms with van der Waals surface area (Å²) < 4.78 is 1.09. The minimum absolute atomic E-state index is 0.0150. The highest BCUT2D eigenvalue weighted by atomic mass is 127. The van der Waals surface area contributed by atoms with Gasteiger partial charge in [-0.15, -0.1) is 11.3 Å². The molecule has 0 unspecified atom stereocenters. The zero-order valence-corrected chi connectivity index (χ0v) is 14.3. The molecule has 1 aromatic carbocycles. The van der Waals surface area contributed by atoms with E-state index in [1.807, 2.05) is 35.7 Å². The lowest BCUT2D eigenvalue weighted by atomic mass is 10.1. The maximum absolute atomic E-state index is 12.4. The van der Waals surface area contributed by atoms with Crippen molar-refractivity contribution in [3.8, 4) is 0 Å². The summed E-state index contributed by atoms with van der Waals surface area (Å²) in [6, 6.07) is 9.41. The summed E-state index contributed by atoms with van der Waals surface area (Å²) in [6.07, 6.45) is 2.30. The lowest BCUT2D eigenvalue weighted by Crippen LogP contribution is -2.35. The van der Waals surface area contributed by atoms with Crippen molar-refractivity contribution in [2.75, 3.05) is 11.4 Å². The molecule has 1 aliphatic rings. The molecule has 2 heterocycles. The summed E-state index contributed by atoms with van der Waals surface area (Å²) in [5.41, 5.74) is 1.57. The van der Waals surface area contributed by atoms with Gasteiger partial charge in [0.25, 0.3) is 0 Å². The van der Waals surface area contributed by atoms with Gasteiger partial charge in [-0.2, -0.15) is 0 Å². The van der Waals surface area contributed by atoms with Gasteiger partial charge in [0.05, 0.1) is 12.2 Å². The number of nitrogens with zero attached hydrogens (tertiary/aromatic N) is 1. The lowest BCUT2D eigenvalue weighted by molar-refractivity contribution is -0.118. The molecule has 21 heavy (non-hydrogen) atoms. The number of carbonyl (C=O) groups is 2. The predicted molar refractivity (Wildman–Crippen MR) is 93.1 cm³/mol. The van der Waals surface area contributed by atoms with E-state index in [1.54, 1.807) is 16.2 Å². The molecule has 0 fully saturated rings. The average Bonchev–Trinajstić information content (AvgIpc) is 2.88. The Labute approximate surface area is 141 Å². The van der Waals surface area contributed by atoms with E-state index in [0.29, 0.717) is 12.0 Å². The van der Waals surface area contributed by atoms with Crippen LogP contribution in [0, 0.1) is 3.57 Å². The van der Waals surface area contributed by atoms with Crippen LogP contribution in [0.15, 0.2) is 35.7 Å². The Morgan fingerprint density at radius 1 is 1.19 bits per heavy atom. The molecule has 1 aliphatic heterocycles. The van der Waals surface area contributed by atoms with Crippen LogP contribution in [-0.4, -0.2) is 18.2 Å². The van der Waals surface area contributed by atoms with Crippen molar-refractivity contribution in [2.24, 2.45) is 0 Å². The van der Waals surface area contributed by atoms with E-state index in [0.717, 1.165) is 22.1 Å². The number of carbonyl (C=O) groups excluding carboxylic acids is 2. The van der Waals surface area contributed by atoms with Gasteiger partial charge in [0, 0.05) is 20.4 Å². The molecule has 0 saturated heterocycles. The number of aryl methyl sites for hydroxylation is 1. The number of ketones is 1. The van der Waals surface area contributed by atoms with Crippen LogP contribution < -0.4 is 4.90 Å². The quantitative estimate of drug-likeness (QED) is 0.568. The molecular weight excluding hydrogens is 397 g/mol. The second kappa shape index (κ2) is 6.27. The normalized spacial score (nSPS) is 14.7. The summed E-state index contributed by atoms with van der Waals surface area (Å²) in [5, 5.41) is 1.99. The minimum Gasteiger partial charge on any atom is -0.303 e. The number of amides is 1. The Kier molecular flexibility index (Phi) is 4.40. The van der Waals surface area contributed by atoms with E-state index in [2.05, 4.69) is 22.6 Å². The molecule has 0 bridgehead atoms. The third-order valence-electron chi connectivity index (χ3n) is 3.58. The second-order valence-corrected chi connectivity index (χ2v) is 7.24. The van der Waals surface area contributed by atoms with Gasteiger partial charge in [-0.25, -0.2) is 0 Å². The van der Waals surface area contributed by atoms with Crippen LogP contribution in [0.4, 0.5) is 5.69 Å². The second-order valence-electron chi connectivity index (χ2n) is 4.99. The number of fused-ring (bicyclic) bond motifs is 1. The zero-order valence-electron chi connectivity index (χ0n) is 11.3. The maximum atomic E-state index is 12.4. The highest BCUT2D eigenvalue weighted by Gasteiger charge is 2.25. The third-order valence-corrected chi connectivity index (χ3v) is 5.27. The van der Waals surface area contributed by atoms with Crippen LogP contribution in [0.3, 0.4) is 0 Å². The molecule has 0 N–H and O–H groups in total. The number of benzene rings is 1. The highest BCUT2D eigenvalue weighted by Crippen LogP contribution is 2.31. The van der Waals surface area contributed by atoms with E-state index in [1.165, 1.54) is 4.88 Å². The highest BCUT2D eigenvalue weighted by molar-refractivity contribution is 14.1. The first-order chi connectivity index (χ1) is 10.1. The van der Waals surface area contributed by atoms with Crippen molar-refractivity contribution in [1.82, 2.24) is 0 Å². The number of hydrogen-bond acceptors (Lipinski definition) is 3. The van der Waals surface area contributed by atoms with Crippen LogP contribution in [0.2, 0.25) is 0 Å². The number of thiophene rings is 1. The first-order valence-corrected chi connectivity index (χ1v) is 8.76. The lowest BCUT2D eigenvalue weighted by Gasteiger charge is -2.20. The van der Waals surface area contributed by atoms with Crippen LogP contribution in [0.25, 0.3) is 0 Å². The molecule has 3 rings (SSSR count). The fraction of sp³-hybridized carbons (Fsp3) is 0.250. The summed E-state index contributed by atoms with van der Waals surface area (Å²) in [6.45, 7) is 0.128. The molecule has 2 aromatic rings. The Hall–Kier alpha value is -1.21. The fourth-order valence-corrected chi connectivity index (χ4v) is 3.76. The van der Waals surface area contributed by atoms with Gasteiger partial charge >= 0.3 is 0 Å². The van der Waals surface area contributed by atoms with Gasteiger partial charge in [0.1, 0.15) is 0 Å². The number of hydrogen-bond donors (Lipinski definition) is 0. The molecule has 0 atom stereocenters. The Bertz CT molecular complexity index is 678. The smallest absolute Gasteiger partial charge is 0.227 e. The Morgan fingerprint density at radius 3 is 2.71 bits per heavy atom. The largest absolute Gasteiger partial charge is 0.303 e. The van der Waals surface area contributed by atoms with E-state index in [9.17, 15) is 9.59 Å². The summed E-state index contributed by atoms with van der Waals surface area (Å²) in [5.74, 6) is 0.0322. The molecule has 0 aliphatic carbocycles. The van der Waals surface area contributed by atoms with Crippen molar-refractivity contribution in [2.45, 2.75) is 19.3 Å². The first-order valence-electron chi connectivity index (χ1n) is 6.80. The Balaban J connectivity index is 1.84.